The van der Waals surface area contributed by atoms with Crippen LogP contribution in [0.5, 0.6) is 0 Å². The number of anilines is 1. The second-order valence-corrected chi connectivity index (χ2v) is 4.24. The van der Waals surface area contributed by atoms with E-state index in [0.717, 1.165) is 12.1 Å². The third-order valence-electron chi connectivity index (χ3n) is 2.78. The van der Waals surface area contributed by atoms with Crippen molar-refractivity contribution in [3.63, 3.8) is 0 Å². The van der Waals surface area contributed by atoms with Crippen LogP contribution in [0.1, 0.15) is 19.4 Å². The highest BCUT2D eigenvalue weighted by Crippen LogP contribution is 2.27. The van der Waals surface area contributed by atoms with Gasteiger partial charge in [0.25, 0.3) is 0 Å². The number of likely N-dealkylation sites (N-methyl/N-ethyl adjacent to an activating group) is 1. The molecule has 1 aromatic rings. The summed E-state index contributed by atoms with van der Waals surface area (Å²) in [7, 11) is 1.65. The van der Waals surface area contributed by atoms with Gasteiger partial charge in [-0.05, 0) is 25.5 Å². The SMILES string of the molecule is CCN(c1c(F)cccc1CCl)C(C)COC. The molecule has 0 radical (unpaired) electrons. The van der Waals surface area contributed by atoms with Gasteiger partial charge >= 0.3 is 0 Å². The molecule has 1 rings (SSSR count). The Hall–Kier alpha value is -0.800. The minimum atomic E-state index is -0.229. The lowest BCUT2D eigenvalue weighted by atomic mass is 10.1. The average molecular weight is 260 g/mol. The van der Waals surface area contributed by atoms with Crippen molar-refractivity contribution in [3.05, 3.63) is 29.6 Å². The maximum Gasteiger partial charge on any atom is 0.146 e. The summed E-state index contributed by atoms with van der Waals surface area (Å²) in [6, 6.07) is 5.12. The van der Waals surface area contributed by atoms with Crippen molar-refractivity contribution in [1.82, 2.24) is 0 Å². The Morgan fingerprint density at radius 2 is 2.18 bits per heavy atom. The van der Waals surface area contributed by atoms with Crippen molar-refractivity contribution in [1.29, 1.82) is 0 Å². The van der Waals surface area contributed by atoms with Gasteiger partial charge in [0.1, 0.15) is 5.82 Å². The first kappa shape index (κ1) is 14.3. The zero-order valence-corrected chi connectivity index (χ0v) is 11.3. The smallest absolute Gasteiger partial charge is 0.146 e. The molecule has 0 heterocycles. The molecular weight excluding hydrogens is 241 g/mol. The van der Waals surface area contributed by atoms with Gasteiger partial charge in [-0.1, -0.05) is 12.1 Å². The van der Waals surface area contributed by atoms with Gasteiger partial charge in [-0.3, -0.25) is 0 Å². The number of rotatable bonds is 6. The molecule has 0 N–H and O–H groups in total. The van der Waals surface area contributed by atoms with E-state index in [1.54, 1.807) is 13.2 Å². The molecule has 2 nitrogen and oxygen atoms in total. The summed E-state index contributed by atoms with van der Waals surface area (Å²) in [4.78, 5) is 1.98. The number of hydrogen-bond acceptors (Lipinski definition) is 2. The highest BCUT2D eigenvalue weighted by molar-refractivity contribution is 6.17. The summed E-state index contributed by atoms with van der Waals surface area (Å²) < 4.78 is 19.1. The second kappa shape index (κ2) is 6.82. The Morgan fingerprint density at radius 1 is 1.47 bits per heavy atom. The summed E-state index contributed by atoms with van der Waals surface area (Å²) in [6.45, 7) is 5.29. The fourth-order valence-electron chi connectivity index (χ4n) is 2.01. The number of benzene rings is 1. The molecule has 0 fully saturated rings. The van der Waals surface area contributed by atoms with Crippen LogP contribution in [-0.4, -0.2) is 26.3 Å². The molecule has 4 heteroatoms. The molecule has 0 bridgehead atoms. The minimum absolute atomic E-state index is 0.115. The highest BCUT2D eigenvalue weighted by atomic mass is 35.5. The number of halogens is 2. The number of methoxy groups -OCH3 is 1. The Bertz CT molecular complexity index is 359. The quantitative estimate of drug-likeness (QED) is 0.726. The van der Waals surface area contributed by atoms with Crippen LogP contribution < -0.4 is 4.90 Å². The molecule has 96 valence electrons. The van der Waals surface area contributed by atoms with E-state index < -0.39 is 0 Å². The molecule has 1 unspecified atom stereocenters. The lowest BCUT2D eigenvalue weighted by Crippen LogP contribution is -2.37. The zero-order valence-electron chi connectivity index (χ0n) is 10.5. The molecule has 1 atom stereocenters. The largest absolute Gasteiger partial charge is 0.383 e. The number of ether oxygens (including phenoxy) is 1. The maximum absolute atomic E-state index is 13.9. The summed E-state index contributed by atoms with van der Waals surface area (Å²) in [6.07, 6.45) is 0. The minimum Gasteiger partial charge on any atom is -0.383 e. The normalized spacial score (nSPS) is 12.5. The highest BCUT2D eigenvalue weighted by Gasteiger charge is 2.19. The molecule has 0 aliphatic heterocycles. The van der Waals surface area contributed by atoms with Crippen molar-refractivity contribution in [2.24, 2.45) is 0 Å². The summed E-state index contributed by atoms with van der Waals surface area (Å²) >= 11 is 5.86. The first-order valence-corrected chi connectivity index (χ1v) is 6.28. The van der Waals surface area contributed by atoms with Crippen LogP contribution >= 0.6 is 11.6 Å². The van der Waals surface area contributed by atoms with Gasteiger partial charge in [-0.2, -0.15) is 0 Å². The molecule has 0 saturated heterocycles. The third-order valence-corrected chi connectivity index (χ3v) is 3.07. The molecule has 0 aliphatic rings. The summed E-state index contributed by atoms with van der Waals surface area (Å²) in [5, 5.41) is 0. The molecule has 0 amide bonds. The predicted octanol–water partition coefficient (Wildman–Crippen LogP) is 3.43. The molecule has 0 aliphatic carbocycles. The van der Waals surface area contributed by atoms with E-state index in [4.69, 9.17) is 16.3 Å². The van der Waals surface area contributed by atoms with Crippen LogP contribution in [0.3, 0.4) is 0 Å². The van der Waals surface area contributed by atoms with Crippen LogP contribution in [0.4, 0.5) is 10.1 Å². The Kier molecular flexibility index (Phi) is 5.72. The van der Waals surface area contributed by atoms with Crippen molar-refractivity contribution < 1.29 is 9.13 Å². The van der Waals surface area contributed by atoms with Crippen molar-refractivity contribution in [3.8, 4) is 0 Å². The Balaban J connectivity index is 3.10. The average Bonchev–Trinajstić information content (AvgIpc) is 2.32. The standard InChI is InChI=1S/C13H19ClFNO/c1-4-16(10(2)9-17-3)13-11(8-14)6-5-7-12(13)15/h5-7,10H,4,8-9H2,1-3H3. The molecule has 17 heavy (non-hydrogen) atoms. The predicted molar refractivity (Wildman–Crippen MR) is 70.3 cm³/mol. The van der Waals surface area contributed by atoms with E-state index in [2.05, 4.69) is 0 Å². The van der Waals surface area contributed by atoms with Gasteiger partial charge in [0.2, 0.25) is 0 Å². The fraction of sp³-hybridized carbons (Fsp3) is 0.538. The lowest BCUT2D eigenvalue weighted by Gasteiger charge is -2.31. The molecule has 1 aromatic carbocycles. The molecule has 0 saturated carbocycles. The monoisotopic (exact) mass is 259 g/mol. The van der Waals surface area contributed by atoms with Gasteiger partial charge in [0.05, 0.1) is 12.3 Å². The van der Waals surface area contributed by atoms with Gasteiger partial charge in [0.15, 0.2) is 0 Å². The Labute approximate surface area is 107 Å². The van der Waals surface area contributed by atoms with Crippen LogP contribution in [0.15, 0.2) is 18.2 Å². The third kappa shape index (κ3) is 3.33. The van der Waals surface area contributed by atoms with E-state index in [-0.39, 0.29) is 11.9 Å². The van der Waals surface area contributed by atoms with Crippen LogP contribution in [0.2, 0.25) is 0 Å². The van der Waals surface area contributed by atoms with Crippen molar-refractivity contribution in [2.45, 2.75) is 25.8 Å². The van der Waals surface area contributed by atoms with Crippen LogP contribution in [-0.2, 0) is 10.6 Å². The Morgan fingerprint density at radius 3 is 2.71 bits per heavy atom. The number of nitrogens with zero attached hydrogens (tertiary/aromatic N) is 1. The van der Waals surface area contributed by atoms with E-state index in [1.807, 2.05) is 24.8 Å². The molecule has 0 aromatic heterocycles. The van der Waals surface area contributed by atoms with Gasteiger partial charge in [-0.15, -0.1) is 11.6 Å². The fourth-order valence-corrected chi connectivity index (χ4v) is 2.23. The first-order valence-electron chi connectivity index (χ1n) is 5.74. The summed E-state index contributed by atoms with van der Waals surface area (Å²) in [5.74, 6) is 0.0801. The zero-order chi connectivity index (χ0) is 12.8. The second-order valence-electron chi connectivity index (χ2n) is 3.97. The van der Waals surface area contributed by atoms with Crippen LogP contribution in [0.25, 0.3) is 0 Å². The van der Waals surface area contributed by atoms with Crippen LogP contribution in [0, 0.1) is 5.82 Å². The molecule has 0 spiro atoms. The first-order chi connectivity index (χ1) is 8.15. The van der Waals surface area contributed by atoms with E-state index in [1.165, 1.54) is 6.07 Å². The van der Waals surface area contributed by atoms with Crippen molar-refractivity contribution >= 4 is 17.3 Å². The molecular formula is C13H19ClFNO. The summed E-state index contributed by atoms with van der Waals surface area (Å²) in [5.41, 5.74) is 1.41. The maximum atomic E-state index is 13.9. The number of hydrogen-bond donors (Lipinski definition) is 0. The number of para-hydroxylation sites is 1. The van der Waals surface area contributed by atoms with Gasteiger partial charge < -0.3 is 9.64 Å². The van der Waals surface area contributed by atoms with Gasteiger partial charge in [-0.25, -0.2) is 4.39 Å². The van der Waals surface area contributed by atoms with E-state index in [0.29, 0.717) is 18.2 Å². The topological polar surface area (TPSA) is 12.5 Å². The van der Waals surface area contributed by atoms with Crippen molar-refractivity contribution in [2.75, 3.05) is 25.2 Å². The lowest BCUT2D eigenvalue weighted by molar-refractivity contribution is 0.181. The van der Waals surface area contributed by atoms with E-state index >= 15 is 0 Å². The van der Waals surface area contributed by atoms with E-state index in [9.17, 15) is 4.39 Å². The number of alkyl halides is 1. The van der Waals surface area contributed by atoms with Gasteiger partial charge in [0, 0.05) is 25.6 Å².